The van der Waals surface area contributed by atoms with Gasteiger partial charge < -0.3 is 14.4 Å². The molecular formula is C16H17F3N2O5S. The van der Waals surface area contributed by atoms with Gasteiger partial charge in [0.1, 0.15) is 10.6 Å². The van der Waals surface area contributed by atoms with E-state index in [-0.39, 0.29) is 25.3 Å². The number of sulfonamides is 1. The fourth-order valence-corrected chi connectivity index (χ4v) is 5.97. The number of hydrogen-bond acceptors (Lipinski definition) is 5. The molecule has 3 aliphatic rings. The second-order valence-corrected chi connectivity index (χ2v) is 8.53. The molecule has 2 atom stereocenters. The number of halogens is 3. The molecule has 0 N–H and O–H groups in total. The first-order chi connectivity index (χ1) is 12.7. The zero-order valence-electron chi connectivity index (χ0n) is 14.1. The number of rotatable bonds is 3. The lowest BCUT2D eigenvalue weighted by molar-refractivity contribution is -0.275. The Morgan fingerprint density at radius 2 is 1.96 bits per heavy atom. The topological polar surface area (TPSA) is 76.2 Å². The summed E-state index contributed by atoms with van der Waals surface area (Å²) in [6, 6.07) is 3.84. The number of amides is 1. The maximum Gasteiger partial charge on any atom is 0.573 e. The van der Waals surface area contributed by atoms with Crippen LogP contribution in [0.5, 0.6) is 5.75 Å². The van der Waals surface area contributed by atoms with Gasteiger partial charge in [0, 0.05) is 25.9 Å². The summed E-state index contributed by atoms with van der Waals surface area (Å²) in [6.07, 6.45) is -4.13. The van der Waals surface area contributed by atoms with Crippen molar-refractivity contribution in [3.05, 3.63) is 24.3 Å². The molecule has 7 nitrogen and oxygen atoms in total. The molecule has 1 spiro atoms. The van der Waals surface area contributed by atoms with Crippen LogP contribution in [0.25, 0.3) is 0 Å². The molecule has 0 aliphatic carbocycles. The zero-order valence-corrected chi connectivity index (χ0v) is 14.9. The molecule has 1 amide bonds. The van der Waals surface area contributed by atoms with Crippen molar-refractivity contribution in [3.8, 4) is 5.75 Å². The summed E-state index contributed by atoms with van der Waals surface area (Å²) >= 11 is 0. The largest absolute Gasteiger partial charge is 0.573 e. The van der Waals surface area contributed by atoms with Gasteiger partial charge in [-0.15, -0.1) is 13.2 Å². The number of alkyl halides is 3. The molecular weight excluding hydrogens is 389 g/mol. The van der Waals surface area contributed by atoms with Crippen LogP contribution in [0.2, 0.25) is 0 Å². The van der Waals surface area contributed by atoms with E-state index in [2.05, 4.69) is 4.74 Å². The minimum Gasteiger partial charge on any atom is -0.404 e. The summed E-state index contributed by atoms with van der Waals surface area (Å²) in [4.78, 5) is 13.3. The molecule has 0 aromatic heterocycles. The highest BCUT2D eigenvalue weighted by atomic mass is 32.2. The van der Waals surface area contributed by atoms with E-state index in [1.807, 2.05) is 0 Å². The monoisotopic (exact) mass is 406 g/mol. The van der Waals surface area contributed by atoms with E-state index >= 15 is 0 Å². The molecule has 3 saturated heterocycles. The van der Waals surface area contributed by atoms with E-state index < -0.39 is 38.8 Å². The average Bonchev–Trinajstić information content (AvgIpc) is 3.06. The lowest BCUT2D eigenvalue weighted by Crippen LogP contribution is -2.56. The van der Waals surface area contributed by atoms with Crippen molar-refractivity contribution in [1.82, 2.24) is 9.21 Å². The minimum absolute atomic E-state index is 0.0527. The molecule has 27 heavy (non-hydrogen) atoms. The van der Waals surface area contributed by atoms with Gasteiger partial charge in [0.2, 0.25) is 15.9 Å². The third-order valence-corrected chi connectivity index (χ3v) is 7.17. The zero-order chi connectivity index (χ0) is 19.4. The Kier molecular flexibility index (Phi) is 4.17. The Bertz CT molecular complexity index is 875. The standard InChI is InChI=1S/C16H17F3N2O5S/c17-16(18,19)26-11-4-1-2-5-12(11)27(23,24)21-8-6-15-13(21)10-14(22)20(15)7-3-9-25-15/h1-2,4-5,13H,3,6-10H2/t13-,15+/m1/s1. The Hall–Kier alpha value is -1.85. The molecule has 0 saturated carbocycles. The first kappa shape index (κ1) is 18.5. The second-order valence-electron chi connectivity index (χ2n) is 6.67. The van der Waals surface area contributed by atoms with Crippen LogP contribution in [0, 0.1) is 0 Å². The summed E-state index contributed by atoms with van der Waals surface area (Å²) in [7, 11) is -4.33. The van der Waals surface area contributed by atoms with E-state index in [4.69, 9.17) is 4.74 Å². The fourth-order valence-electron chi connectivity index (χ4n) is 4.20. The van der Waals surface area contributed by atoms with Gasteiger partial charge in [-0.25, -0.2) is 8.42 Å². The summed E-state index contributed by atoms with van der Waals surface area (Å²) in [5, 5.41) is 0. The molecule has 3 aliphatic heterocycles. The van der Waals surface area contributed by atoms with Crippen molar-refractivity contribution in [2.24, 2.45) is 0 Å². The maximum atomic E-state index is 13.2. The molecule has 1 aromatic carbocycles. The molecule has 3 heterocycles. The average molecular weight is 406 g/mol. The van der Waals surface area contributed by atoms with E-state index in [0.29, 0.717) is 19.6 Å². The predicted molar refractivity (Wildman–Crippen MR) is 85.1 cm³/mol. The number of carbonyl (C=O) groups is 1. The SMILES string of the molecule is O=C1C[C@H]2N(S(=O)(=O)c3ccccc3OC(F)(F)F)CC[C@]23OCCCN13. The minimum atomic E-state index is -5.02. The van der Waals surface area contributed by atoms with Crippen LogP contribution in [0.15, 0.2) is 29.2 Å². The third-order valence-electron chi connectivity index (χ3n) is 5.22. The summed E-state index contributed by atoms with van der Waals surface area (Å²) in [5.41, 5.74) is -1.03. The van der Waals surface area contributed by atoms with Gasteiger partial charge in [-0.2, -0.15) is 4.31 Å². The van der Waals surface area contributed by atoms with Crippen molar-refractivity contribution in [3.63, 3.8) is 0 Å². The Balaban J connectivity index is 1.71. The number of para-hydroxylation sites is 1. The lowest BCUT2D eigenvalue weighted by Gasteiger charge is -2.42. The fraction of sp³-hybridized carbons (Fsp3) is 0.562. The summed E-state index contributed by atoms with van der Waals surface area (Å²) < 4.78 is 75.1. The molecule has 0 radical (unpaired) electrons. The van der Waals surface area contributed by atoms with Gasteiger partial charge >= 0.3 is 6.36 Å². The molecule has 4 rings (SSSR count). The highest BCUT2D eigenvalue weighted by molar-refractivity contribution is 7.89. The van der Waals surface area contributed by atoms with Gasteiger partial charge in [0.15, 0.2) is 5.72 Å². The number of ether oxygens (including phenoxy) is 2. The van der Waals surface area contributed by atoms with Crippen molar-refractivity contribution in [2.75, 3.05) is 19.7 Å². The Morgan fingerprint density at radius 3 is 2.70 bits per heavy atom. The summed E-state index contributed by atoms with van der Waals surface area (Å²) in [6.45, 7) is 0.941. The van der Waals surface area contributed by atoms with Crippen LogP contribution >= 0.6 is 0 Å². The lowest BCUT2D eigenvalue weighted by atomic mass is 10.0. The van der Waals surface area contributed by atoms with Gasteiger partial charge in [0.25, 0.3) is 0 Å². The number of nitrogens with zero attached hydrogens (tertiary/aromatic N) is 2. The van der Waals surface area contributed by atoms with Crippen LogP contribution in [0.4, 0.5) is 13.2 Å². The van der Waals surface area contributed by atoms with E-state index in [9.17, 15) is 26.4 Å². The van der Waals surface area contributed by atoms with Gasteiger partial charge in [-0.3, -0.25) is 4.79 Å². The van der Waals surface area contributed by atoms with Gasteiger partial charge in [-0.1, -0.05) is 12.1 Å². The summed E-state index contributed by atoms with van der Waals surface area (Å²) in [5.74, 6) is -1.00. The Morgan fingerprint density at radius 1 is 1.22 bits per heavy atom. The Labute approximate surface area is 153 Å². The van der Waals surface area contributed by atoms with Gasteiger partial charge in [0.05, 0.1) is 12.6 Å². The van der Waals surface area contributed by atoms with Crippen LogP contribution < -0.4 is 4.74 Å². The molecule has 11 heteroatoms. The number of benzene rings is 1. The van der Waals surface area contributed by atoms with Crippen molar-refractivity contribution in [2.45, 2.75) is 42.3 Å². The molecule has 0 bridgehead atoms. The van der Waals surface area contributed by atoms with Crippen LogP contribution in [0.1, 0.15) is 19.3 Å². The highest BCUT2D eigenvalue weighted by Crippen LogP contribution is 2.47. The molecule has 1 aromatic rings. The van der Waals surface area contributed by atoms with Crippen molar-refractivity contribution >= 4 is 15.9 Å². The maximum absolute atomic E-state index is 13.2. The number of hydrogen-bond donors (Lipinski definition) is 0. The first-order valence-electron chi connectivity index (χ1n) is 8.46. The predicted octanol–water partition coefficient (Wildman–Crippen LogP) is 1.70. The normalized spacial score (nSPS) is 28.9. The number of carbonyl (C=O) groups excluding carboxylic acids is 1. The quantitative estimate of drug-likeness (QED) is 0.764. The molecule has 0 unspecified atom stereocenters. The second kappa shape index (κ2) is 6.08. The smallest absolute Gasteiger partial charge is 0.404 e. The van der Waals surface area contributed by atoms with Gasteiger partial charge in [-0.05, 0) is 18.6 Å². The van der Waals surface area contributed by atoms with Crippen LogP contribution in [-0.2, 0) is 19.6 Å². The highest BCUT2D eigenvalue weighted by Gasteiger charge is 2.63. The van der Waals surface area contributed by atoms with Crippen molar-refractivity contribution in [1.29, 1.82) is 0 Å². The molecule has 3 fully saturated rings. The van der Waals surface area contributed by atoms with E-state index in [1.54, 1.807) is 4.90 Å². The third kappa shape index (κ3) is 2.88. The first-order valence-corrected chi connectivity index (χ1v) is 9.90. The van der Waals surface area contributed by atoms with Crippen LogP contribution in [0.3, 0.4) is 0 Å². The van der Waals surface area contributed by atoms with Crippen molar-refractivity contribution < 1.29 is 35.9 Å². The molecule has 148 valence electrons. The van der Waals surface area contributed by atoms with Crippen LogP contribution in [-0.4, -0.2) is 61.4 Å². The van der Waals surface area contributed by atoms with E-state index in [0.717, 1.165) is 16.4 Å². The van der Waals surface area contributed by atoms with E-state index in [1.165, 1.54) is 12.1 Å².